The minimum absolute atomic E-state index is 0.0407. The molecule has 33 heavy (non-hydrogen) atoms. The van der Waals surface area contributed by atoms with Gasteiger partial charge in [-0.25, -0.2) is 4.98 Å². The van der Waals surface area contributed by atoms with Crippen LogP contribution in [0.2, 0.25) is 0 Å². The molecular weight excluding hydrogens is 441 g/mol. The molecule has 0 spiro atoms. The van der Waals surface area contributed by atoms with Gasteiger partial charge in [-0.2, -0.15) is 13.2 Å². The van der Waals surface area contributed by atoms with E-state index < -0.39 is 23.5 Å². The maximum Gasteiger partial charge on any atom is 0.401 e. The third-order valence-corrected chi connectivity index (χ3v) is 4.59. The monoisotopic (exact) mass is 464 g/mol. The highest BCUT2D eigenvalue weighted by Crippen LogP contribution is 2.41. The number of nitrogens with one attached hydrogen (secondary N) is 2. The Hall–Kier alpha value is -3.89. The molecule has 0 saturated heterocycles. The number of halogens is 3. The highest BCUT2D eigenvalue weighted by molar-refractivity contribution is 5.91. The lowest BCUT2D eigenvalue weighted by atomic mass is 9.89. The summed E-state index contributed by atoms with van der Waals surface area (Å²) in [6.07, 6.45) is -2.68. The first-order valence-electron chi connectivity index (χ1n) is 9.67. The van der Waals surface area contributed by atoms with Gasteiger partial charge in [0.15, 0.2) is 11.6 Å². The summed E-state index contributed by atoms with van der Waals surface area (Å²) in [5.41, 5.74) is 6.04. The van der Waals surface area contributed by atoms with E-state index in [-0.39, 0.29) is 18.0 Å². The number of anilines is 2. The third kappa shape index (κ3) is 7.06. The largest absolute Gasteiger partial charge is 0.550 e. The zero-order chi connectivity index (χ0) is 24.8. The summed E-state index contributed by atoms with van der Waals surface area (Å²) in [6.45, 7) is 2.94. The summed E-state index contributed by atoms with van der Waals surface area (Å²) in [4.78, 5) is 24.0. The average molecular weight is 464 g/mol. The van der Waals surface area contributed by atoms with Crippen LogP contribution in [0.25, 0.3) is 11.1 Å². The van der Waals surface area contributed by atoms with Crippen LogP contribution >= 0.6 is 0 Å². The maximum atomic E-state index is 13.1. The molecule has 3 aromatic rings. The third-order valence-electron chi connectivity index (χ3n) is 4.59. The first kappa shape index (κ1) is 25.4. The minimum atomic E-state index is -4.50. The normalized spacial score (nSPS) is 11.3. The fourth-order valence-electron chi connectivity index (χ4n) is 2.57. The second kappa shape index (κ2) is 10.2. The number of hydrogen-bond acceptors (Lipinski definition) is 6. The first-order chi connectivity index (χ1) is 15.3. The number of H-pyrrole nitrogens is 1. The van der Waals surface area contributed by atoms with Crippen molar-refractivity contribution in [1.82, 2.24) is 5.16 Å². The number of nitrogens with two attached hydrogens (primary N) is 1. The number of amides is 1. The maximum absolute atomic E-state index is 13.1. The lowest BCUT2D eigenvalue weighted by molar-refractivity contribution is -0.359. The molecular formula is C22H23F3N4O4. The number of rotatable bonds is 5. The Morgan fingerprint density at radius 1 is 1.12 bits per heavy atom. The molecule has 176 valence electrons. The number of carboxylic acid groups (broad SMARTS) is 1. The summed E-state index contributed by atoms with van der Waals surface area (Å²) in [6, 6.07) is 12.0. The smallest absolute Gasteiger partial charge is 0.401 e. The van der Waals surface area contributed by atoms with Crippen molar-refractivity contribution in [2.45, 2.75) is 38.8 Å². The molecule has 3 rings (SSSR count). The Labute approximate surface area is 187 Å². The Balaban J connectivity index is 0.000000890. The summed E-state index contributed by atoms with van der Waals surface area (Å²) in [5.74, 6) is -1.37. The molecule has 0 aliphatic rings. The molecule has 0 unspecified atom stereocenters. The first-order valence-corrected chi connectivity index (χ1v) is 9.67. The van der Waals surface area contributed by atoms with Crippen LogP contribution in [0, 0.1) is 0 Å². The molecule has 0 radical (unpaired) electrons. The van der Waals surface area contributed by atoms with E-state index in [1.165, 1.54) is 0 Å². The Kier molecular flexibility index (Phi) is 7.81. The Morgan fingerprint density at radius 2 is 1.70 bits per heavy atom. The number of benzene rings is 1. The van der Waals surface area contributed by atoms with Crippen molar-refractivity contribution in [3.05, 3.63) is 60.0 Å². The molecule has 4 N–H and O–H groups in total. The number of nitrogens with zero attached hydrogens (tertiary/aromatic N) is 1. The highest BCUT2D eigenvalue weighted by atomic mass is 19.4. The van der Waals surface area contributed by atoms with E-state index in [4.69, 9.17) is 20.2 Å². The van der Waals surface area contributed by atoms with Crippen LogP contribution in [0.1, 0.15) is 32.1 Å². The second-order valence-electron chi connectivity index (χ2n) is 7.65. The van der Waals surface area contributed by atoms with Gasteiger partial charge in [-0.15, -0.1) is 0 Å². The number of nitrogen functional groups attached to an aromatic ring is 1. The van der Waals surface area contributed by atoms with E-state index in [9.17, 15) is 18.0 Å². The van der Waals surface area contributed by atoms with Crippen molar-refractivity contribution in [2.75, 3.05) is 11.1 Å². The standard InChI is InChI=1S/C20H19F3N4O2.C2H4O2/c1-19(2,20(21,22)23)15-10-17(27-29-15)26-18(28)9-12-3-5-13(6-4-12)14-7-8-16(24)25-11-14;1-2(3)4/h3-8,10-11H,9H2,1-2H3,(H2,24,25)(H,26,27,28);1H3,(H,3,4). The number of carbonyl (C=O) groups excluding carboxylic acids is 2. The van der Waals surface area contributed by atoms with Crippen LogP contribution in [-0.2, 0) is 21.4 Å². The van der Waals surface area contributed by atoms with E-state index in [0.29, 0.717) is 5.82 Å². The van der Waals surface area contributed by atoms with Crippen LogP contribution in [0.15, 0.2) is 53.2 Å². The fourth-order valence-corrected chi connectivity index (χ4v) is 2.57. The van der Waals surface area contributed by atoms with Gasteiger partial charge in [-0.3, -0.25) is 10.5 Å². The molecule has 0 aliphatic carbocycles. The number of aromatic nitrogens is 2. The Bertz CT molecular complexity index is 1090. The highest BCUT2D eigenvalue weighted by Gasteiger charge is 2.51. The summed E-state index contributed by atoms with van der Waals surface area (Å²) >= 11 is 0. The molecule has 1 amide bonds. The molecule has 0 bridgehead atoms. The van der Waals surface area contributed by atoms with Crippen LogP contribution in [0.4, 0.5) is 24.8 Å². The van der Waals surface area contributed by atoms with Crippen LogP contribution in [0.5, 0.6) is 0 Å². The molecule has 0 aliphatic heterocycles. The molecule has 1 aromatic carbocycles. The summed E-state index contributed by atoms with van der Waals surface area (Å²) in [5, 5.41) is 14.9. The number of pyridine rings is 1. The van der Waals surface area contributed by atoms with Gasteiger partial charge in [-0.1, -0.05) is 29.4 Å². The number of aliphatic carboxylic acids is 1. The lowest BCUT2D eigenvalue weighted by Gasteiger charge is -2.24. The van der Waals surface area contributed by atoms with Crippen LogP contribution < -0.4 is 21.1 Å². The van der Waals surface area contributed by atoms with E-state index >= 15 is 0 Å². The summed E-state index contributed by atoms with van der Waals surface area (Å²) < 4.78 is 44.0. The predicted molar refractivity (Wildman–Crippen MR) is 111 cm³/mol. The van der Waals surface area contributed by atoms with Gasteiger partial charge in [0.05, 0.1) is 12.6 Å². The number of carboxylic acids is 1. The SMILES string of the molecule is CC(=O)[O-].CC(C)(c1cc(NC(=O)Cc2ccc(-c3ccc(N)[nH+]c3)cc2)no1)C(F)(F)F. The number of hydrogen-bond donors (Lipinski definition) is 2. The van der Waals surface area contributed by atoms with Crippen molar-refractivity contribution in [2.24, 2.45) is 0 Å². The van der Waals surface area contributed by atoms with Gasteiger partial charge in [-0.05, 0) is 38.0 Å². The molecule has 0 atom stereocenters. The minimum Gasteiger partial charge on any atom is -0.550 e. The lowest BCUT2D eigenvalue weighted by Crippen LogP contribution is -2.35. The molecule has 8 nitrogen and oxygen atoms in total. The van der Waals surface area contributed by atoms with Gasteiger partial charge >= 0.3 is 6.18 Å². The van der Waals surface area contributed by atoms with Crippen molar-refractivity contribution >= 4 is 23.5 Å². The number of alkyl halides is 3. The van der Waals surface area contributed by atoms with Crippen molar-refractivity contribution < 1.29 is 37.4 Å². The van der Waals surface area contributed by atoms with Gasteiger partial charge in [0, 0.05) is 23.7 Å². The molecule has 0 fully saturated rings. The van der Waals surface area contributed by atoms with Crippen LogP contribution in [0.3, 0.4) is 0 Å². The number of carbonyl (C=O) groups is 2. The zero-order valence-corrected chi connectivity index (χ0v) is 18.1. The average Bonchev–Trinajstić information content (AvgIpc) is 3.17. The quantitative estimate of drug-likeness (QED) is 0.596. The van der Waals surface area contributed by atoms with E-state index in [1.54, 1.807) is 24.4 Å². The molecule has 2 heterocycles. The second-order valence-corrected chi connectivity index (χ2v) is 7.65. The zero-order valence-electron chi connectivity index (χ0n) is 18.1. The van der Waals surface area contributed by atoms with Gasteiger partial charge in [0.1, 0.15) is 5.41 Å². The van der Waals surface area contributed by atoms with Crippen molar-refractivity contribution in [1.29, 1.82) is 0 Å². The van der Waals surface area contributed by atoms with Gasteiger partial charge in [0.25, 0.3) is 5.82 Å². The molecule has 11 heteroatoms. The van der Waals surface area contributed by atoms with E-state index in [0.717, 1.165) is 43.5 Å². The predicted octanol–water partition coefficient (Wildman–Crippen LogP) is 2.52. The molecule has 2 aromatic heterocycles. The topological polar surface area (TPSA) is 135 Å². The van der Waals surface area contributed by atoms with Crippen LogP contribution in [-0.4, -0.2) is 23.2 Å². The molecule has 0 saturated carbocycles. The Morgan fingerprint density at radius 3 is 2.21 bits per heavy atom. The van der Waals surface area contributed by atoms with Gasteiger partial charge in [0.2, 0.25) is 5.91 Å². The van der Waals surface area contributed by atoms with Crippen molar-refractivity contribution in [3.63, 3.8) is 0 Å². The fraction of sp³-hybridized carbons (Fsp3) is 0.273. The van der Waals surface area contributed by atoms with E-state index in [1.807, 2.05) is 18.2 Å². The number of aromatic amines is 1. The summed E-state index contributed by atoms with van der Waals surface area (Å²) in [7, 11) is 0. The van der Waals surface area contributed by atoms with Gasteiger partial charge < -0.3 is 19.7 Å². The van der Waals surface area contributed by atoms with E-state index in [2.05, 4.69) is 15.5 Å². The van der Waals surface area contributed by atoms with Crippen molar-refractivity contribution in [3.8, 4) is 11.1 Å².